The predicted molar refractivity (Wildman–Crippen MR) is 112 cm³/mol. The van der Waals surface area contributed by atoms with Crippen LogP contribution in [0.25, 0.3) is 11.5 Å². The number of oxazole rings is 1. The standard InChI is InChI=1S/C20H17BrN4O3S/c21-16-6-8-17(9-7-16)29(26,27)25-12-10-24(11-13-25)20-18(14-22)23-19(28-20)15-4-2-1-3-5-15/h1-9H,10-13H2. The van der Waals surface area contributed by atoms with E-state index in [4.69, 9.17) is 4.42 Å². The minimum atomic E-state index is -3.56. The van der Waals surface area contributed by atoms with Crippen molar-refractivity contribution in [2.45, 2.75) is 4.90 Å². The molecular weight excluding hydrogens is 456 g/mol. The highest BCUT2D eigenvalue weighted by Crippen LogP contribution is 2.29. The Morgan fingerprint density at radius 3 is 2.28 bits per heavy atom. The summed E-state index contributed by atoms with van der Waals surface area (Å²) in [5, 5.41) is 9.45. The summed E-state index contributed by atoms with van der Waals surface area (Å²) in [5.41, 5.74) is 0.986. The van der Waals surface area contributed by atoms with Crippen molar-refractivity contribution >= 4 is 31.8 Å². The molecule has 1 aliphatic rings. The van der Waals surface area contributed by atoms with Crippen LogP contribution in [0.3, 0.4) is 0 Å². The van der Waals surface area contributed by atoms with Gasteiger partial charge in [-0.05, 0) is 36.4 Å². The van der Waals surface area contributed by atoms with Gasteiger partial charge in [-0.1, -0.05) is 34.1 Å². The molecule has 0 N–H and O–H groups in total. The molecule has 4 rings (SSSR count). The number of aromatic nitrogens is 1. The van der Waals surface area contributed by atoms with E-state index in [1.807, 2.05) is 35.2 Å². The zero-order valence-corrected chi connectivity index (χ0v) is 17.7. The first-order valence-electron chi connectivity index (χ1n) is 8.96. The fourth-order valence-electron chi connectivity index (χ4n) is 3.19. The second-order valence-corrected chi connectivity index (χ2v) is 9.35. The molecule has 0 spiro atoms. The Balaban J connectivity index is 1.52. The summed E-state index contributed by atoms with van der Waals surface area (Å²) >= 11 is 3.32. The summed E-state index contributed by atoms with van der Waals surface area (Å²) in [4.78, 5) is 6.42. The zero-order valence-electron chi connectivity index (χ0n) is 15.3. The Morgan fingerprint density at radius 2 is 1.66 bits per heavy atom. The number of piperazine rings is 1. The highest BCUT2D eigenvalue weighted by molar-refractivity contribution is 9.10. The molecule has 0 aliphatic carbocycles. The van der Waals surface area contributed by atoms with Gasteiger partial charge in [0.05, 0.1) is 4.90 Å². The van der Waals surface area contributed by atoms with Crippen molar-refractivity contribution in [2.75, 3.05) is 31.1 Å². The lowest BCUT2D eigenvalue weighted by atomic mass is 10.2. The zero-order chi connectivity index (χ0) is 20.4. The van der Waals surface area contributed by atoms with E-state index < -0.39 is 10.0 Å². The molecule has 0 saturated carbocycles. The molecule has 0 atom stereocenters. The Kier molecular flexibility index (Phi) is 5.41. The van der Waals surface area contributed by atoms with Gasteiger partial charge in [0.2, 0.25) is 27.5 Å². The van der Waals surface area contributed by atoms with Crippen LogP contribution >= 0.6 is 15.9 Å². The van der Waals surface area contributed by atoms with Crippen molar-refractivity contribution in [2.24, 2.45) is 0 Å². The highest BCUT2D eigenvalue weighted by atomic mass is 79.9. The number of rotatable bonds is 4. The average Bonchev–Trinajstić information content (AvgIpc) is 3.19. The van der Waals surface area contributed by atoms with Gasteiger partial charge in [-0.25, -0.2) is 8.42 Å². The molecule has 148 valence electrons. The third kappa shape index (κ3) is 3.92. The van der Waals surface area contributed by atoms with Gasteiger partial charge in [0.15, 0.2) is 0 Å². The lowest BCUT2D eigenvalue weighted by Crippen LogP contribution is -2.48. The van der Waals surface area contributed by atoms with Crippen LogP contribution in [0.4, 0.5) is 5.88 Å². The molecular formula is C20H17BrN4O3S. The number of hydrogen-bond donors (Lipinski definition) is 0. The van der Waals surface area contributed by atoms with Gasteiger partial charge in [0, 0.05) is 36.2 Å². The molecule has 29 heavy (non-hydrogen) atoms. The third-order valence-corrected chi connectivity index (χ3v) is 7.15. The molecule has 0 unspecified atom stereocenters. The average molecular weight is 473 g/mol. The highest BCUT2D eigenvalue weighted by Gasteiger charge is 2.31. The quantitative estimate of drug-likeness (QED) is 0.577. The maximum absolute atomic E-state index is 12.9. The van der Waals surface area contributed by atoms with E-state index in [9.17, 15) is 13.7 Å². The SMILES string of the molecule is N#Cc1nc(-c2ccccc2)oc1N1CCN(S(=O)(=O)c2ccc(Br)cc2)CC1. The molecule has 2 heterocycles. The van der Waals surface area contributed by atoms with Gasteiger partial charge < -0.3 is 9.32 Å². The second-order valence-electron chi connectivity index (χ2n) is 6.50. The van der Waals surface area contributed by atoms with Gasteiger partial charge in [-0.3, -0.25) is 0 Å². The van der Waals surface area contributed by atoms with Crippen molar-refractivity contribution < 1.29 is 12.8 Å². The van der Waals surface area contributed by atoms with Crippen LogP contribution in [-0.4, -0.2) is 43.9 Å². The van der Waals surface area contributed by atoms with E-state index in [2.05, 4.69) is 27.0 Å². The Hall–Kier alpha value is -2.67. The largest absolute Gasteiger partial charge is 0.419 e. The normalized spacial score (nSPS) is 15.2. The summed E-state index contributed by atoms with van der Waals surface area (Å²) < 4.78 is 33.9. The number of halogens is 1. The van der Waals surface area contributed by atoms with Crippen LogP contribution in [-0.2, 0) is 10.0 Å². The molecule has 0 radical (unpaired) electrons. The summed E-state index contributed by atoms with van der Waals surface area (Å²) in [6, 6.07) is 18.0. The van der Waals surface area contributed by atoms with Crippen LogP contribution < -0.4 is 4.90 Å². The number of sulfonamides is 1. The Morgan fingerprint density at radius 1 is 1.00 bits per heavy atom. The third-order valence-electron chi connectivity index (χ3n) is 4.71. The van der Waals surface area contributed by atoms with E-state index in [1.165, 1.54) is 4.31 Å². The fraction of sp³-hybridized carbons (Fsp3) is 0.200. The van der Waals surface area contributed by atoms with Crippen molar-refractivity contribution in [1.82, 2.24) is 9.29 Å². The number of benzene rings is 2. The van der Waals surface area contributed by atoms with Crippen LogP contribution in [0.1, 0.15) is 5.69 Å². The van der Waals surface area contributed by atoms with Crippen molar-refractivity contribution in [3.05, 3.63) is 64.8 Å². The van der Waals surface area contributed by atoms with Gasteiger partial charge in [-0.2, -0.15) is 14.6 Å². The van der Waals surface area contributed by atoms with Crippen molar-refractivity contribution in [3.8, 4) is 17.5 Å². The lowest BCUT2D eigenvalue weighted by Gasteiger charge is -2.33. The first-order valence-corrected chi connectivity index (χ1v) is 11.2. The molecule has 3 aromatic rings. The maximum atomic E-state index is 12.9. The summed E-state index contributed by atoms with van der Waals surface area (Å²) in [5.74, 6) is 0.758. The van der Waals surface area contributed by atoms with Crippen molar-refractivity contribution in [1.29, 1.82) is 5.26 Å². The topological polar surface area (TPSA) is 90.4 Å². The monoisotopic (exact) mass is 472 g/mol. The van der Waals surface area contributed by atoms with Crippen LogP contribution in [0.5, 0.6) is 0 Å². The molecule has 0 amide bonds. The molecule has 2 aromatic carbocycles. The summed E-state index contributed by atoms with van der Waals surface area (Å²) in [7, 11) is -3.56. The van der Waals surface area contributed by atoms with E-state index in [-0.39, 0.29) is 10.6 Å². The number of nitriles is 1. The van der Waals surface area contributed by atoms with Crippen LogP contribution in [0.15, 0.2) is 68.4 Å². The molecule has 9 heteroatoms. The second kappa shape index (κ2) is 7.99. The van der Waals surface area contributed by atoms with Gasteiger partial charge in [0.1, 0.15) is 6.07 Å². The van der Waals surface area contributed by atoms with Crippen LogP contribution in [0.2, 0.25) is 0 Å². The molecule has 1 aromatic heterocycles. The maximum Gasteiger partial charge on any atom is 0.243 e. The van der Waals surface area contributed by atoms with Crippen molar-refractivity contribution in [3.63, 3.8) is 0 Å². The Labute approximate surface area is 177 Å². The molecule has 0 bridgehead atoms. The summed E-state index contributed by atoms with van der Waals surface area (Å²) in [6.07, 6.45) is 0. The molecule has 1 fully saturated rings. The lowest BCUT2D eigenvalue weighted by molar-refractivity contribution is 0.374. The molecule has 7 nitrogen and oxygen atoms in total. The van der Waals surface area contributed by atoms with Crippen LogP contribution in [0, 0.1) is 11.3 Å². The number of anilines is 1. The molecule has 1 aliphatic heterocycles. The fourth-order valence-corrected chi connectivity index (χ4v) is 4.88. The first kappa shape index (κ1) is 19.6. The minimum Gasteiger partial charge on any atom is -0.419 e. The van der Waals surface area contributed by atoms with Gasteiger partial charge in [0.25, 0.3) is 0 Å². The molecule has 1 saturated heterocycles. The Bertz CT molecular complexity index is 1150. The van der Waals surface area contributed by atoms with Gasteiger partial charge in [-0.15, -0.1) is 0 Å². The van der Waals surface area contributed by atoms with E-state index in [1.54, 1.807) is 24.3 Å². The smallest absolute Gasteiger partial charge is 0.243 e. The van der Waals surface area contributed by atoms with E-state index in [0.717, 1.165) is 10.0 Å². The number of nitrogens with zero attached hydrogens (tertiary/aromatic N) is 4. The predicted octanol–water partition coefficient (Wildman–Crippen LogP) is 3.49. The van der Waals surface area contributed by atoms with Gasteiger partial charge >= 0.3 is 0 Å². The number of hydrogen-bond acceptors (Lipinski definition) is 6. The van der Waals surface area contributed by atoms with E-state index >= 15 is 0 Å². The minimum absolute atomic E-state index is 0.202. The summed E-state index contributed by atoms with van der Waals surface area (Å²) in [6.45, 7) is 1.41. The first-order chi connectivity index (χ1) is 14.0. The van der Waals surface area contributed by atoms with E-state index in [0.29, 0.717) is 38.0 Å².